The number of hydrogen-bond acceptors (Lipinski definition) is 2. The monoisotopic (exact) mass is 232 g/mol. The normalized spacial score (nSPS) is 22.9. The Morgan fingerprint density at radius 1 is 1.53 bits per heavy atom. The van der Waals surface area contributed by atoms with Crippen molar-refractivity contribution in [2.45, 2.75) is 51.6 Å². The van der Waals surface area contributed by atoms with Crippen molar-refractivity contribution in [2.75, 3.05) is 0 Å². The van der Waals surface area contributed by atoms with Gasteiger partial charge in [0.25, 0.3) is 0 Å². The van der Waals surface area contributed by atoms with Gasteiger partial charge in [-0.1, -0.05) is 31.3 Å². The number of allylic oxidation sites excluding steroid dienone is 1. The number of ketones is 1. The van der Waals surface area contributed by atoms with Gasteiger partial charge >= 0.3 is 0 Å². The summed E-state index contributed by atoms with van der Waals surface area (Å²) in [4.78, 5) is 11.7. The number of carbonyl (C=O) groups is 1. The predicted octanol–water partition coefficient (Wildman–Crippen LogP) is 2.78. The molecule has 1 unspecified atom stereocenters. The Morgan fingerprint density at radius 3 is 2.82 bits per heavy atom. The highest BCUT2D eigenvalue weighted by Crippen LogP contribution is 2.37. The molecule has 0 fully saturated rings. The molecule has 0 bridgehead atoms. The quantitative estimate of drug-likeness (QED) is 0.449. The Labute approximate surface area is 103 Å². The van der Waals surface area contributed by atoms with Crippen LogP contribution in [0, 0.1) is 11.8 Å². The molecule has 17 heavy (non-hydrogen) atoms. The number of hydrogen-bond donors (Lipinski definition) is 1. The van der Waals surface area contributed by atoms with Gasteiger partial charge in [-0.05, 0) is 31.8 Å². The second-order valence-electron chi connectivity index (χ2n) is 4.49. The van der Waals surface area contributed by atoms with E-state index < -0.39 is 5.60 Å². The minimum atomic E-state index is -1.29. The van der Waals surface area contributed by atoms with Gasteiger partial charge in [-0.3, -0.25) is 4.79 Å². The van der Waals surface area contributed by atoms with E-state index >= 15 is 0 Å². The molecule has 1 aliphatic rings. The Bertz CT molecular complexity index is 402. The lowest BCUT2D eigenvalue weighted by Crippen LogP contribution is -2.48. The molecule has 2 nitrogen and oxygen atoms in total. The molecule has 0 aromatic heterocycles. The van der Waals surface area contributed by atoms with Crippen LogP contribution in [0.3, 0.4) is 0 Å². The molecule has 0 saturated carbocycles. The van der Waals surface area contributed by atoms with Crippen molar-refractivity contribution in [1.29, 1.82) is 0 Å². The van der Waals surface area contributed by atoms with Crippen LogP contribution in [0.1, 0.15) is 46.0 Å². The Morgan fingerprint density at radius 2 is 2.24 bits per heavy atom. The van der Waals surface area contributed by atoms with Crippen LogP contribution < -0.4 is 0 Å². The Balaban J connectivity index is 2.80. The zero-order valence-corrected chi connectivity index (χ0v) is 10.7. The molecule has 0 spiro atoms. The molecular weight excluding hydrogens is 212 g/mol. The van der Waals surface area contributed by atoms with Crippen molar-refractivity contribution in [2.24, 2.45) is 0 Å². The van der Waals surface area contributed by atoms with Crippen molar-refractivity contribution in [1.82, 2.24) is 0 Å². The molecule has 1 aliphatic carbocycles. The number of unbranched alkanes of at least 4 members (excludes halogenated alkanes) is 2. The molecule has 1 atom stereocenters. The first kappa shape index (κ1) is 13.7. The molecule has 0 radical (unpaired) electrons. The fourth-order valence-corrected chi connectivity index (χ4v) is 1.86. The summed E-state index contributed by atoms with van der Waals surface area (Å²) in [5.41, 5.74) is -0.00280. The standard InChI is InChI=1S/C15H20O2/c1-4-6-8-9-10-12-13(11-7-5-2)15(3,17)14(12)16/h5,17H,2,4,6-8,11H2,1,3H3. The van der Waals surface area contributed by atoms with Crippen LogP contribution in [0.5, 0.6) is 0 Å². The zero-order valence-electron chi connectivity index (χ0n) is 10.7. The number of rotatable bonds is 5. The van der Waals surface area contributed by atoms with Crippen LogP contribution in [-0.2, 0) is 4.79 Å². The smallest absolute Gasteiger partial charge is 0.206 e. The van der Waals surface area contributed by atoms with E-state index in [1.807, 2.05) is 0 Å². The summed E-state index contributed by atoms with van der Waals surface area (Å²) in [6.45, 7) is 7.30. The maximum Gasteiger partial charge on any atom is 0.206 e. The molecule has 0 aromatic rings. The molecule has 0 aromatic carbocycles. The van der Waals surface area contributed by atoms with Crippen LogP contribution in [-0.4, -0.2) is 16.5 Å². The van der Waals surface area contributed by atoms with Crippen molar-refractivity contribution >= 4 is 5.78 Å². The third kappa shape index (κ3) is 2.87. The van der Waals surface area contributed by atoms with Crippen molar-refractivity contribution in [3.8, 4) is 11.8 Å². The molecule has 2 heteroatoms. The van der Waals surface area contributed by atoms with Crippen LogP contribution in [0.15, 0.2) is 23.8 Å². The second-order valence-corrected chi connectivity index (χ2v) is 4.49. The van der Waals surface area contributed by atoms with Gasteiger partial charge in [-0.25, -0.2) is 0 Å². The average Bonchev–Trinajstić information content (AvgIpc) is 2.31. The summed E-state index contributed by atoms with van der Waals surface area (Å²) in [6.07, 6.45) is 6.17. The first-order valence-corrected chi connectivity index (χ1v) is 6.16. The summed E-state index contributed by atoms with van der Waals surface area (Å²) in [6, 6.07) is 0. The van der Waals surface area contributed by atoms with Gasteiger partial charge in [-0.15, -0.1) is 6.58 Å². The largest absolute Gasteiger partial charge is 0.377 e. The van der Waals surface area contributed by atoms with Crippen molar-refractivity contribution in [3.63, 3.8) is 0 Å². The maximum absolute atomic E-state index is 11.7. The van der Waals surface area contributed by atoms with E-state index in [2.05, 4.69) is 25.3 Å². The van der Waals surface area contributed by atoms with Gasteiger partial charge in [0.05, 0.1) is 5.57 Å². The third-order valence-corrected chi connectivity index (χ3v) is 3.03. The number of carbonyl (C=O) groups excluding carboxylic acids is 1. The predicted molar refractivity (Wildman–Crippen MR) is 69.4 cm³/mol. The molecule has 92 valence electrons. The van der Waals surface area contributed by atoms with E-state index in [1.54, 1.807) is 13.0 Å². The van der Waals surface area contributed by atoms with Crippen LogP contribution in [0.25, 0.3) is 0 Å². The van der Waals surface area contributed by atoms with Crippen LogP contribution in [0.4, 0.5) is 0 Å². The Kier molecular flexibility index (Phi) is 4.72. The lowest BCUT2D eigenvalue weighted by Gasteiger charge is -2.35. The van der Waals surface area contributed by atoms with E-state index in [0.717, 1.165) is 31.3 Å². The van der Waals surface area contributed by atoms with E-state index in [9.17, 15) is 9.90 Å². The Hall–Kier alpha value is -1.33. The van der Waals surface area contributed by atoms with E-state index in [4.69, 9.17) is 0 Å². The minimum Gasteiger partial charge on any atom is -0.377 e. The molecule has 0 saturated heterocycles. The number of aliphatic hydroxyl groups is 1. The average molecular weight is 232 g/mol. The van der Waals surface area contributed by atoms with E-state index in [-0.39, 0.29) is 5.78 Å². The topological polar surface area (TPSA) is 37.3 Å². The maximum atomic E-state index is 11.7. The highest BCUT2D eigenvalue weighted by Gasteiger charge is 2.47. The summed E-state index contributed by atoms with van der Waals surface area (Å²) in [5, 5.41) is 9.93. The van der Waals surface area contributed by atoms with E-state index in [1.165, 1.54) is 0 Å². The van der Waals surface area contributed by atoms with Gasteiger partial charge in [0.15, 0.2) is 0 Å². The van der Waals surface area contributed by atoms with E-state index in [0.29, 0.717) is 12.0 Å². The molecule has 0 amide bonds. The van der Waals surface area contributed by atoms with Crippen LogP contribution in [0.2, 0.25) is 0 Å². The summed E-state index contributed by atoms with van der Waals surface area (Å²) in [5.74, 6) is 5.67. The van der Waals surface area contributed by atoms with Gasteiger partial charge in [-0.2, -0.15) is 0 Å². The minimum absolute atomic E-state index is 0.236. The highest BCUT2D eigenvalue weighted by molar-refractivity contribution is 6.15. The third-order valence-electron chi connectivity index (χ3n) is 3.03. The van der Waals surface area contributed by atoms with Crippen molar-refractivity contribution in [3.05, 3.63) is 23.8 Å². The fraction of sp³-hybridized carbons (Fsp3) is 0.533. The summed E-state index contributed by atoms with van der Waals surface area (Å²) < 4.78 is 0. The highest BCUT2D eigenvalue weighted by atomic mass is 16.3. The van der Waals surface area contributed by atoms with Gasteiger partial charge < -0.3 is 5.11 Å². The number of Topliss-reactive ketones (excluding diaryl/α,β-unsaturated/α-hetero) is 1. The van der Waals surface area contributed by atoms with Crippen LogP contribution >= 0.6 is 0 Å². The van der Waals surface area contributed by atoms with Crippen molar-refractivity contribution < 1.29 is 9.90 Å². The molecule has 0 heterocycles. The molecule has 0 aliphatic heterocycles. The first-order chi connectivity index (χ1) is 8.05. The summed E-state index contributed by atoms with van der Waals surface area (Å²) >= 11 is 0. The summed E-state index contributed by atoms with van der Waals surface area (Å²) in [7, 11) is 0. The van der Waals surface area contributed by atoms with Gasteiger partial charge in [0, 0.05) is 6.42 Å². The molecule has 1 N–H and O–H groups in total. The zero-order chi connectivity index (χ0) is 12.9. The second kappa shape index (κ2) is 5.84. The molecular formula is C15H20O2. The van der Waals surface area contributed by atoms with Gasteiger partial charge in [0.2, 0.25) is 5.78 Å². The molecule has 1 rings (SSSR count). The lowest BCUT2D eigenvalue weighted by atomic mass is 9.71. The fourth-order valence-electron chi connectivity index (χ4n) is 1.86. The van der Waals surface area contributed by atoms with Gasteiger partial charge in [0.1, 0.15) is 5.60 Å². The SMILES string of the molecule is C=CCCC1=C(C#CCCCC)C(=O)C1(C)O. The lowest BCUT2D eigenvalue weighted by molar-refractivity contribution is -0.132. The first-order valence-electron chi connectivity index (χ1n) is 6.16.